The largest absolute Gasteiger partial charge is 0.491 e. The maximum Gasteiger partial charge on any atom is 0.190 e. The van der Waals surface area contributed by atoms with Crippen molar-refractivity contribution in [1.29, 1.82) is 0 Å². The van der Waals surface area contributed by atoms with E-state index in [0.717, 1.165) is 36.2 Å². The predicted molar refractivity (Wildman–Crippen MR) is 82.3 cm³/mol. The topological polar surface area (TPSA) is 39.1 Å². The summed E-state index contributed by atoms with van der Waals surface area (Å²) >= 11 is 0. The van der Waals surface area contributed by atoms with Gasteiger partial charge in [0.2, 0.25) is 0 Å². The molecule has 2 aliphatic heterocycles. The van der Waals surface area contributed by atoms with Crippen LogP contribution in [0.4, 0.5) is 8.78 Å². The van der Waals surface area contributed by atoms with E-state index in [-0.39, 0.29) is 11.8 Å². The molecule has 2 aromatic rings. The van der Waals surface area contributed by atoms with E-state index in [0.29, 0.717) is 11.6 Å². The molecule has 1 N–H and O–H groups in total. The molecule has 1 aromatic carbocycles. The zero-order valence-electron chi connectivity index (χ0n) is 13.2. The maximum absolute atomic E-state index is 14.1. The number of methoxy groups -OCH3 is 1. The van der Waals surface area contributed by atoms with Gasteiger partial charge in [0.1, 0.15) is 0 Å². The van der Waals surface area contributed by atoms with Crippen LogP contribution in [-0.4, -0.2) is 22.9 Å². The summed E-state index contributed by atoms with van der Waals surface area (Å²) in [5.41, 5.74) is 3.45. The fraction of sp³-hybridized carbons (Fsp3) is 0.471. The van der Waals surface area contributed by atoms with Crippen molar-refractivity contribution < 1.29 is 13.5 Å². The smallest absolute Gasteiger partial charge is 0.190 e. The van der Waals surface area contributed by atoms with Gasteiger partial charge in [-0.3, -0.25) is 4.68 Å². The van der Waals surface area contributed by atoms with Gasteiger partial charge in [-0.25, -0.2) is 8.78 Å². The zero-order valence-corrected chi connectivity index (χ0v) is 13.2. The van der Waals surface area contributed by atoms with Gasteiger partial charge in [0, 0.05) is 24.2 Å². The molecule has 0 saturated carbocycles. The summed E-state index contributed by atoms with van der Waals surface area (Å²) in [6.45, 7) is 0. The molecule has 4 nitrogen and oxygen atoms in total. The Labute approximate surface area is 133 Å². The van der Waals surface area contributed by atoms with Crippen LogP contribution in [0, 0.1) is 11.6 Å². The fourth-order valence-corrected chi connectivity index (χ4v) is 3.97. The molecule has 4 rings (SSSR count). The van der Waals surface area contributed by atoms with Gasteiger partial charge in [-0.15, -0.1) is 0 Å². The lowest BCUT2D eigenvalue weighted by atomic mass is 9.84. The molecule has 0 aliphatic carbocycles. The predicted octanol–water partition coefficient (Wildman–Crippen LogP) is 3.11. The van der Waals surface area contributed by atoms with E-state index in [2.05, 4.69) is 10.4 Å². The van der Waals surface area contributed by atoms with Crippen molar-refractivity contribution in [2.24, 2.45) is 7.05 Å². The van der Waals surface area contributed by atoms with E-state index in [4.69, 9.17) is 4.74 Å². The lowest BCUT2D eigenvalue weighted by Crippen LogP contribution is -2.42. The molecule has 3 heterocycles. The second-order valence-corrected chi connectivity index (χ2v) is 6.36. The summed E-state index contributed by atoms with van der Waals surface area (Å²) in [7, 11) is 3.09. The standard InChI is InChI=1S/C17H19F2N3O/c1-22-16(9-6-12(18)17(23-2)13(19)7-9)11-8-10-4-3-5-14(20-10)15(11)21-22/h6-7,10,14,20H,3-5,8H2,1-2H3/t10-,14+/m0/s1. The maximum atomic E-state index is 14.1. The van der Waals surface area contributed by atoms with Gasteiger partial charge < -0.3 is 10.1 Å². The van der Waals surface area contributed by atoms with Gasteiger partial charge in [0.15, 0.2) is 17.4 Å². The Hall–Kier alpha value is -1.95. The second kappa shape index (κ2) is 5.30. The van der Waals surface area contributed by atoms with Crippen molar-refractivity contribution in [1.82, 2.24) is 15.1 Å². The molecule has 0 radical (unpaired) electrons. The molecular weight excluding hydrogens is 300 g/mol. The number of piperidine rings is 1. The van der Waals surface area contributed by atoms with Gasteiger partial charge in [-0.2, -0.15) is 5.10 Å². The van der Waals surface area contributed by atoms with Crippen molar-refractivity contribution in [3.63, 3.8) is 0 Å². The summed E-state index contributed by atoms with van der Waals surface area (Å²) in [5, 5.41) is 8.23. The first-order valence-corrected chi connectivity index (χ1v) is 7.93. The summed E-state index contributed by atoms with van der Waals surface area (Å²) in [4.78, 5) is 0. The number of hydrogen-bond donors (Lipinski definition) is 1. The zero-order chi connectivity index (χ0) is 16.1. The Kier molecular flexibility index (Phi) is 3.37. The minimum Gasteiger partial charge on any atom is -0.491 e. The molecule has 0 unspecified atom stereocenters. The molecule has 2 atom stereocenters. The number of halogens is 2. The second-order valence-electron chi connectivity index (χ2n) is 6.36. The van der Waals surface area contributed by atoms with Crippen LogP contribution in [0.3, 0.4) is 0 Å². The monoisotopic (exact) mass is 319 g/mol. The van der Waals surface area contributed by atoms with Crippen LogP contribution < -0.4 is 10.1 Å². The average Bonchev–Trinajstić information content (AvgIpc) is 2.83. The number of hydrogen-bond acceptors (Lipinski definition) is 3. The lowest BCUT2D eigenvalue weighted by Gasteiger charge is -2.35. The van der Waals surface area contributed by atoms with Gasteiger partial charge >= 0.3 is 0 Å². The van der Waals surface area contributed by atoms with E-state index >= 15 is 0 Å². The Balaban J connectivity index is 1.86. The molecule has 6 heteroatoms. The third-order valence-electron chi connectivity index (χ3n) is 4.92. The number of fused-ring (bicyclic) bond motifs is 4. The summed E-state index contributed by atoms with van der Waals surface area (Å²) in [5.74, 6) is -1.72. The molecule has 122 valence electrons. The van der Waals surface area contributed by atoms with E-state index < -0.39 is 11.6 Å². The molecular formula is C17H19F2N3O. The Morgan fingerprint density at radius 3 is 2.70 bits per heavy atom. The highest BCUT2D eigenvalue weighted by atomic mass is 19.1. The molecule has 2 bridgehead atoms. The van der Waals surface area contributed by atoms with Crippen LogP contribution in [0.2, 0.25) is 0 Å². The Bertz CT molecular complexity index is 748. The highest BCUT2D eigenvalue weighted by molar-refractivity contribution is 5.67. The lowest BCUT2D eigenvalue weighted by molar-refractivity contribution is 0.297. The van der Waals surface area contributed by atoms with Crippen LogP contribution >= 0.6 is 0 Å². The third kappa shape index (κ3) is 2.24. The molecule has 2 aliphatic rings. The fourth-order valence-electron chi connectivity index (χ4n) is 3.97. The minimum absolute atomic E-state index is 0.255. The molecule has 1 fully saturated rings. The normalized spacial score (nSPS) is 22.8. The van der Waals surface area contributed by atoms with Crippen molar-refractivity contribution in [2.75, 3.05) is 7.11 Å². The molecule has 0 amide bonds. The first kappa shape index (κ1) is 14.6. The molecule has 1 aromatic heterocycles. The summed E-state index contributed by atoms with van der Waals surface area (Å²) in [6, 6.07) is 3.34. The van der Waals surface area contributed by atoms with E-state index in [1.54, 1.807) is 4.68 Å². The highest BCUT2D eigenvalue weighted by Gasteiger charge is 2.34. The first-order chi connectivity index (χ1) is 11.1. The van der Waals surface area contributed by atoms with E-state index in [9.17, 15) is 8.78 Å². The third-order valence-corrected chi connectivity index (χ3v) is 4.92. The van der Waals surface area contributed by atoms with Crippen molar-refractivity contribution >= 4 is 0 Å². The van der Waals surface area contributed by atoms with Crippen LogP contribution in [0.15, 0.2) is 12.1 Å². The van der Waals surface area contributed by atoms with Crippen molar-refractivity contribution in [2.45, 2.75) is 37.8 Å². The van der Waals surface area contributed by atoms with Gasteiger partial charge in [-0.1, -0.05) is 0 Å². The highest BCUT2D eigenvalue weighted by Crippen LogP contribution is 2.39. The minimum atomic E-state index is -0.688. The number of ether oxygens (including phenoxy) is 1. The van der Waals surface area contributed by atoms with E-state index in [1.165, 1.54) is 25.7 Å². The Morgan fingerprint density at radius 2 is 2.00 bits per heavy atom. The molecule has 0 spiro atoms. The van der Waals surface area contributed by atoms with Crippen molar-refractivity contribution in [3.05, 3.63) is 35.0 Å². The number of nitrogens with one attached hydrogen (secondary N) is 1. The quantitative estimate of drug-likeness (QED) is 0.924. The Morgan fingerprint density at radius 1 is 1.26 bits per heavy atom. The van der Waals surface area contributed by atoms with Crippen LogP contribution in [0.5, 0.6) is 5.75 Å². The van der Waals surface area contributed by atoms with Crippen LogP contribution in [-0.2, 0) is 13.5 Å². The summed E-state index contributed by atoms with van der Waals surface area (Å²) < 4.78 is 34.7. The average molecular weight is 319 g/mol. The number of aromatic nitrogens is 2. The molecule has 23 heavy (non-hydrogen) atoms. The van der Waals surface area contributed by atoms with Gasteiger partial charge in [-0.05, 0) is 37.8 Å². The van der Waals surface area contributed by atoms with E-state index in [1.807, 2.05) is 7.05 Å². The number of benzene rings is 1. The van der Waals surface area contributed by atoms with Gasteiger partial charge in [0.25, 0.3) is 0 Å². The SMILES string of the molecule is COc1c(F)cc(-c2c3c(nn2C)[C@H]2CCC[C@@H](C3)N2)cc1F. The van der Waals surface area contributed by atoms with Gasteiger partial charge in [0.05, 0.1) is 24.5 Å². The number of aryl methyl sites for hydroxylation is 1. The van der Waals surface area contributed by atoms with Crippen LogP contribution in [0.25, 0.3) is 11.3 Å². The number of nitrogens with zero attached hydrogens (tertiary/aromatic N) is 2. The first-order valence-electron chi connectivity index (χ1n) is 7.93. The van der Waals surface area contributed by atoms with Crippen molar-refractivity contribution in [3.8, 4) is 17.0 Å². The van der Waals surface area contributed by atoms with Crippen LogP contribution in [0.1, 0.15) is 36.6 Å². The number of rotatable bonds is 2. The summed E-state index contributed by atoms with van der Waals surface area (Å²) in [6.07, 6.45) is 4.24. The molecule has 1 saturated heterocycles.